The highest BCUT2D eigenvalue weighted by Crippen LogP contribution is 2.07. The number of hydrogen-bond acceptors (Lipinski definition) is 3. The van der Waals surface area contributed by atoms with Gasteiger partial charge < -0.3 is 15.1 Å². The van der Waals surface area contributed by atoms with Crippen LogP contribution in [0.15, 0.2) is 30.3 Å². The van der Waals surface area contributed by atoms with Gasteiger partial charge in [0.15, 0.2) is 5.60 Å². The lowest BCUT2D eigenvalue weighted by atomic mass is 10.1. The van der Waals surface area contributed by atoms with Crippen molar-refractivity contribution in [3.63, 3.8) is 0 Å². The smallest absolute Gasteiger partial charge is 0.336 e. The Balaban J connectivity index is 2.41. The normalized spacial score (nSPS) is 14.6. The minimum Gasteiger partial charge on any atom is -0.479 e. The summed E-state index contributed by atoms with van der Waals surface area (Å²) in [6, 6.07) is 9.97. The molecule has 2 N–H and O–H groups in total. The molecule has 1 aromatic carbocycles. The van der Waals surface area contributed by atoms with Crippen LogP contribution in [0.4, 0.5) is 0 Å². The number of aliphatic hydroxyl groups is 1. The molecule has 4 heteroatoms. The Morgan fingerprint density at radius 1 is 1.35 bits per heavy atom. The molecule has 0 aliphatic carbocycles. The van der Waals surface area contributed by atoms with Crippen molar-refractivity contribution < 1.29 is 15.0 Å². The van der Waals surface area contributed by atoms with E-state index in [2.05, 4.69) is 0 Å². The topological polar surface area (TPSA) is 60.8 Å². The molecule has 0 fully saturated rings. The van der Waals surface area contributed by atoms with Crippen LogP contribution < -0.4 is 0 Å². The number of carboxylic acid groups (broad SMARTS) is 1. The van der Waals surface area contributed by atoms with Crippen LogP contribution in [0.25, 0.3) is 0 Å². The zero-order chi connectivity index (χ0) is 12.9. The Kier molecular flexibility index (Phi) is 4.66. The van der Waals surface area contributed by atoms with Crippen molar-refractivity contribution in [2.75, 3.05) is 20.1 Å². The van der Waals surface area contributed by atoms with Gasteiger partial charge in [-0.3, -0.25) is 0 Å². The largest absolute Gasteiger partial charge is 0.479 e. The predicted octanol–water partition coefficient (Wildman–Crippen LogP) is 0.996. The van der Waals surface area contributed by atoms with E-state index in [-0.39, 0.29) is 6.54 Å². The van der Waals surface area contributed by atoms with E-state index < -0.39 is 11.6 Å². The number of nitrogens with zero attached hydrogens (tertiary/aromatic N) is 1. The van der Waals surface area contributed by atoms with Crippen molar-refractivity contribution in [3.8, 4) is 0 Å². The number of benzene rings is 1. The molecule has 1 aromatic rings. The molecule has 0 aliphatic rings. The van der Waals surface area contributed by atoms with Crippen LogP contribution in [-0.4, -0.2) is 46.8 Å². The SMILES string of the molecule is CN(CCc1ccccc1)CC(C)(O)C(=O)O. The van der Waals surface area contributed by atoms with Gasteiger partial charge in [0, 0.05) is 13.1 Å². The third kappa shape index (κ3) is 4.54. The average Bonchev–Trinajstić information content (AvgIpc) is 2.27. The van der Waals surface area contributed by atoms with Gasteiger partial charge in [0.05, 0.1) is 0 Å². The fourth-order valence-electron chi connectivity index (χ4n) is 1.64. The minimum atomic E-state index is -1.69. The summed E-state index contributed by atoms with van der Waals surface area (Å²) < 4.78 is 0. The lowest BCUT2D eigenvalue weighted by molar-refractivity contribution is -0.158. The summed E-state index contributed by atoms with van der Waals surface area (Å²) in [5.74, 6) is -1.19. The number of rotatable bonds is 6. The first-order valence-corrected chi connectivity index (χ1v) is 5.60. The van der Waals surface area contributed by atoms with Crippen molar-refractivity contribution >= 4 is 5.97 Å². The summed E-state index contributed by atoms with van der Waals surface area (Å²) in [5.41, 5.74) is -0.486. The zero-order valence-corrected chi connectivity index (χ0v) is 10.3. The Hall–Kier alpha value is -1.39. The average molecular weight is 237 g/mol. The van der Waals surface area contributed by atoms with Gasteiger partial charge in [-0.15, -0.1) is 0 Å². The second kappa shape index (κ2) is 5.80. The standard InChI is InChI=1S/C13H19NO3/c1-13(17,12(15)16)10-14(2)9-8-11-6-4-3-5-7-11/h3-7,17H,8-10H2,1-2H3,(H,15,16). The van der Waals surface area contributed by atoms with Gasteiger partial charge in [-0.25, -0.2) is 4.79 Å². The number of carbonyl (C=O) groups is 1. The van der Waals surface area contributed by atoms with Gasteiger partial charge in [0.25, 0.3) is 0 Å². The monoisotopic (exact) mass is 237 g/mol. The first-order valence-electron chi connectivity index (χ1n) is 5.60. The van der Waals surface area contributed by atoms with Crippen molar-refractivity contribution in [2.24, 2.45) is 0 Å². The number of hydrogen-bond donors (Lipinski definition) is 2. The highest BCUT2D eigenvalue weighted by atomic mass is 16.4. The first-order chi connectivity index (χ1) is 7.92. The van der Waals surface area contributed by atoms with Gasteiger partial charge in [-0.2, -0.15) is 0 Å². The van der Waals surface area contributed by atoms with E-state index in [1.807, 2.05) is 35.2 Å². The summed E-state index contributed by atoms with van der Waals surface area (Å²) in [5, 5.41) is 18.4. The Bertz CT molecular complexity index is 362. The van der Waals surface area contributed by atoms with E-state index in [4.69, 9.17) is 5.11 Å². The molecule has 4 nitrogen and oxygen atoms in total. The summed E-state index contributed by atoms with van der Waals surface area (Å²) in [6.07, 6.45) is 0.840. The van der Waals surface area contributed by atoms with Crippen molar-refractivity contribution in [3.05, 3.63) is 35.9 Å². The van der Waals surface area contributed by atoms with Crippen molar-refractivity contribution in [2.45, 2.75) is 18.9 Å². The van der Waals surface area contributed by atoms with Gasteiger partial charge >= 0.3 is 5.97 Å². The highest BCUT2D eigenvalue weighted by Gasteiger charge is 2.30. The third-order valence-electron chi connectivity index (χ3n) is 2.66. The lowest BCUT2D eigenvalue weighted by Gasteiger charge is -2.25. The maximum absolute atomic E-state index is 10.8. The third-order valence-corrected chi connectivity index (χ3v) is 2.66. The van der Waals surface area contributed by atoms with E-state index >= 15 is 0 Å². The fourth-order valence-corrected chi connectivity index (χ4v) is 1.64. The molecule has 0 aromatic heterocycles. The summed E-state index contributed by atoms with van der Waals surface area (Å²) >= 11 is 0. The Labute approximate surface area is 101 Å². The fraction of sp³-hybridized carbons (Fsp3) is 0.462. The van der Waals surface area contributed by atoms with Gasteiger partial charge in [-0.1, -0.05) is 30.3 Å². The summed E-state index contributed by atoms with van der Waals surface area (Å²) in [6.45, 7) is 2.15. The van der Waals surface area contributed by atoms with Crippen LogP contribution in [0.5, 0.6) is 0 Å². The van der Waals surface area contributed by atoms with Gasteiger partial charge in [0.2, 0.25) is 0 Å². The van der Waals surface area contributed by atoms with E-state index in [0.717, 1.165) is 6.42 Å². The molecular formula is C13H19NO3. The number of carboxylic acids is 1. The van der Waals surface area contributed by atoms with Crippen LogP contribution in [0.3, 0.4) is 0 Å². The quantitative estimate of drug-likeness (QED) is 0.774. The molecule has 1 rings (SSSR count). The predicted molar refractivity (Wildman–Crippen MR) is 65.9 cm³/mol. The minimum absolute atomic E-state index is 0.120. The molecule has 0 heterocycles. The molecule has 94 valence electrons. The second-order valence-corrected chi connectivity index (χ2v) is 4.55. The number of aliphatic carboxylic acids is 1. The van der Waals surface area contributed by atoms with E-state index in [1.54, 1.807) is 7.05 Å². The van der Waals surface area contributed by atoms with E-state index in [9.17, 15) is 9.90 Å². The van der Waals surface area contributed by atoms with Crippen LogP contribution in [-0.2, 0) is 11.2 Å². The van der Waals surface area contributed by atoms with Crippen LogP contribution >= 0.6 is 0 Å². The molecule has 1 atom stereocenters. The molecule has 1 unspecified atom stereocenters. The molecular weight excluding hydrogens is 218 g/mol. The zero-order valence-electron chi connectivity index (χ0n) is 10.3. The van der Waals surface area contributed by atoms with E-state index in [1.165, 1.54) is 12.5 Å². The van der Waals surface area contributed by atoms with Crippen LogP contribution in [0.2, 0.25) is 0 Å². The van der Waals surface area contributed by atoms with Crippen molar-refractivity contribution in [1.29, 1.82) is 0 Å². The maximum atomic E-state index is 10.8. The molecule has 17 heavy (non-hydrogen) atoms. The van der Waals surface area contributed by atoms with Crippen molar-refractivity contribution in [1.82, 2.24) is 4.90 Å². The van der Waals surface area contributed by atoms with Gasteiger partial charge in [-0.05, 0) is 26.0 Å². The molecule has 0 saturated heterocycles. The van der Waals surface area contributed by atoms with Crippen LogP contribution in [0.1, 0.15) is 12.5 Å². The molecule has 0 amide bonds. The molecule has 0 aliphatic heterocycles. The van der Waals surface area contributed by atoms with Crippen LogP contribution in [0, 0.1) is 0 Å². The summed E-state index contributed by atoms with van der Waals surface area (Å²) in [4.78, 5) is 12.6. The highest BCUT2D eigenvalue weighted by molar-refractivity contribution is 5.76. The second-order valence-electron chi connectivity index (χ2n) is 4.55. The lowest BCUT2D eigenvalue weighted by Crippen LogP contribution is -2.45. The Morgan fingerprint density at radius 2 is 1.94 bits per heavy atom. The Morgan fingerprint density at radius 3 is 2.47 bits per heavy atom. The summed E-state index contributed by atoms with van der Waals surface area (Å²) in [7, 11) is 1.81. The number of likely N-dealkylation sites (N-methyl/N-ethyl adjacent to an activating group) is 1. The first kappa shape index (κ1) is 13.7. The molecule has 0 saturated carbocycles. The van der Waals surface area contributed by atoms with E-state index in [0.29, 0.717) is 6.54 Å². The van der Waals surface area contributed by atoms with Gasteiger partial charge in [0.1, 0.15) is 0 Å². The maximum Gasteiger partial charge on any atom is 0.336 e. The molecule has 0 radical (unpaired) electrons. The molecule has 0 spiro atoms. The molecule has 0 bridgehead atoms.